The molecule has 0 bridgehead atoms. The Labute approximate surface area is 149 Å². The Morgan fingerprint density at radius 3 is 2.40 bits per heavy atom. The summed E-state index contributed by atoms with van der Waals surface area (Å²) in [6.07, 6.45) is 1.55. The van der Waals surface area contributed by atoms with Gasteiger partial charge in [0, 0.05) is 25.7 Å². The molecule has 0 saturated carbocycles. The van der Waals surface area contributed by atoms with Gasteiger partial charge in [0.1, 0.15) is 5.76 Å². The van der Waals surface area contributed by atoms with E-state index in [0.29, 0.717) is 36.5 Å². The van der Waals surface area contributed by atoms with Gasteiger partial charge in [-0.05, 0) is 36.8 Å². The molecule has 136 valence electrons. The van der Waals surface area contributed by atoms with Gasteiger partial charge in [-0.25, -0.2) is 8.42 Å². The molecule has 1 heterocycles. The summed E-state index contributed by atoms with van der Waals surface area (Å²) in [6, 6.07) is 8.33. The van der Waals surface area contributed by atoms with Crippen LogP contribution in [0.2, 0.25) is 0 Å². The first kappa shape index (κ1) is 19.2. The zero-order valence-electron chi connectivity index (χ0n) is 15.0. The quantitative estimate of drug-likeness (QED) is 0.757. The Kier molecular flexibility index (Phi) is 6.02. The molecule has 25 heavy (non-hydrogen) atoms. The van der Waals surface area contributed by atoms with Gasteiger partial charge < -0.3 is 9.32 Å². The maximum Gasteiger partial charge on any atom is 0.254 e. The van der Waals surface area contributed by atoms with Crippen LogP contribution in [0.3, 0.4) is 0 Å². The SMILES string of the molecule is CCN(CC)S(=O)(=O)c1cc(C(=O)N(C)Cc2ccco2)ccc1C. The Bertz CT molecular complexity index is 825. The fraction of sp³-hybridized carbons (Fsp3) is 0.389. The third-order valence-corrected chi connectivity index (χ3v) is 6.27. The number of carbonyl (C=O) groups excluding carboxylic acids is 1. The number of carbonyl (C=O) groups is 1. The lowest BCUT2D eigenvalue weighted by atomic mass is 10.1. The number of amides is 1. The molecule has 1 amide bonds. The zero-order valence-corrected chi connectivity index (χ0v) is 15.8. The molecule has 0 radical (unpaired) electrons. The van der Waals surface area contributed by atoms with Gasteiger partial charge in [0.05, 0.1) is 17.7 Å². The topological polar surface area (TPSA) is 70.8 Å². The Balaban J connectivity index is 2.33. The van der Waals surface area contributed by atoms with E-state index in [0.717, 1.165) is 0 Å². The highest BCUT2D eigenvalue weighted by Crippen LogP contribution is 2.22. The molecule has 0 aliphatic rings. The smallest absolute Gasteiger partial charge is 0.254 e. The summed E-state index contributed by atoms with van der Waals surface area (Å²) >= 11 is 0. The molecule has 2 rings (SSSR count). The number of hydrogen-bond donors (Lipinski definition) is 0. The van der Waals surface area contributed by atoms with E-state index in [1.807, 2.05) is 0 Å². The number of hydrogen-bond acceptors (Lipinski definition) is 4. The summed E-state index contributed by atoms with van der Waals surface area (Å²) in [4.78, 5) is 14.3. The van der Waals surface area contributed by atoms with Crippen molar-refractivity contribution in [1.29, 1.82) is 0 Å². The average Bonchev–Trinajstić information content (AvgIpc) is 3.08. The van der Waals surface area contributed by atoms with Crippen LogP contribution in [-0.4, -0.2) is 43.7 Å². The lowest BCUT2D eigenvalue weighted by Gasteiger charge is -2.21. The maximum atomic E-state index is 12.8. The Hall–Kier alpha value is -2.12. The lowest BCUT2D eigenvalue weighted by Crippen LogP contribution is -2.31. The molecule has 1 aromatic carbocycles. The van der Waals surface area contributed by atoms with Gasteiger partial charge in [-0.3, -0.25) is 4.79 Å². The molecule has 0 saturated heterocycles. The second-order valence-corrected chi connectivity index (χ2v) is 7.72. The number of benzene rings is 1. The molecule has 0 atom stereocenters. The van der Waals surface area contributed by atoms with Crippen LogP contribution in [0.25, 0.3) is 0 Å². The number of sulfonamides is 1. The van der Waals surface area contributed by atoms with Gasteiger partial charge in [0.2, 0.25) is 10.0 Å². The van der Waals surface area contributed by atoms with Crippen molar-refractivity contribution >= 4 is 15.9 Å². The Morgan fingerprint density at radius 2 is 1.84 bits per heavy atom. The summed E-state index contributed by atoms with van der Waals surface area (Å²) in [5.41, 5.74) is 0.961. The van der Waals surface area contributed by atoms with Crippen molar-refractivity contribution in [2.45, 2.75) is 32.2 Å². The van der Waals surface area contributed by atoms with Crippen molar-refractivity contribution in [1.82, 2.24) is 9.21 Å². The minimum absolute atomic E-state index is 0.174. The fourth-order valence-electron chi connectivity index (χ4n) is 2.64. The third-order valence-electron chi connectivity index (χ3n) is 4.08. The largest absolute Gasteiger partial charge is 0.467 e. The summed E-state index contributed by atoms with van der Waals surface area (Å²) in [7, 11) is -1.96. The first-order valence-corrected chi connectivity index (χ1v) is 9.63. The van der Waals surface area contributed by atoms with Crippen molar-refractivity contribution in [3.8, 4) is 0 Å². The van der Waals surface area contributed by atoms with Crippen LogP contribution in [0.5, 0.6) is 0 Å². The molecule has 0 aliphatic heterocycles. The molecule has 6 nitrogen and oxygen atoms in total. The first-order valence-electron chi connectivity index (χ1n) is 8.19. The minimum atomic E-state index is -3.62. The molecular formula is C18H24N2O4S. The molecular weight excluding hydrogens is 340 g/mol. The number of furan rings is 1. The predicted octanol–water partition coefficient (Wildman–Crippen LogP) is 2.89. The highest BCUT2D eigenvalue weighted by molar-refractivity contribution is 7.89. The highest BCUT2D eigenvalue weighted by Gasteiger charge is 2.25. The normalized spacial score (nSPS) is 11.7. The number of nitrogens with zero attached hydrogens (tertiary/aromatic N) is 2. The third kappa shape index (κ3) is 4.11. The first-order chi connectivity index (χ1) is 11.8. The van der Waals surface area contributed by atoms with Crippen molar-refractivity contribution in [3.63, 3.8) is 0 Å². The van der Waals surface area contributed by atoms with E-state index in [2.05, 4.69) is 0 Å². The van der Waals surface area contributed by atoms with Gasteiger partial charge in [0.25, 0.3) is 5.91 Å². The second-order valence-electron chi connectivity index (χ2n) is 5.81. The molecule has 0 aliphatic carbocycles. The average molecular weight is 364 g/mol. The van der Waals surface area contributed by atoms with Crippen LogP contribution in [0.4, 0.5) is 0 Å². The van der Waals surface area contributed by atoms with Crippen LogP contribution < -0.4 is 0 Å². The summed E-state index contributed by atoms with van der Waals surface area (Å²) < 4.78 is 32.2. The van der Waals surface area contributed by atoms with Gasteiger partial charge in [-0.15, -0.1) is 0 Å². The van der Waals surface area contributed by atoms with E-state index >= 15 is 0 Å². The molecule has 1 aromatic heterocycles. The van der Waals surface area contributed by atoms with Crippen LogP contribution >= 0.6 is 0 Å². The van der Waals surface area contributed by atoms with Crippen molar-refractivity contribution in [2.75, 3.05) is 20.1 Å². The molecule has 7 heteroatoms. The van der Waals surface area contributed by atoms with Gasteiger partial charge in [0.15, 0.2) is 0 Å². The van der Waals surface area contributed by atoms with Gasteiger partial charge >= 0.3 is 0 Å². The monoisotopic (exact) mass is 364 g/mol. The van der Waals surface area contributed by atoms with Gasteiger partial charge in [-0.1, -0.05) is 19.9 Å². The van der Waals surface area contributed by atoms with E-state index in [9.17, 15) is 13.2 Å². The van der Waals surface area contributed by atoms with Crippen LogP contribution in [0.15, 0.2) is 45.9 Å². The lowest BCUT2D eigenvalue weighted by molar-refractivity contribution is 0.0775. The maximum absolute atomic E-state index is 12.8. The van der Waals surface area contributed by atoms with Crippen LogP contribution in [0, 0.1) is 6.92 Å². The molecule has 0 fully saturated rings. The fourth-order valence-corrected chi connectivity index (χ4v) is 4.35. The summed E-state index contributed by atoms with van der Waals surface area (Å²) in [5, 5.41) is 0. The van der Waals surface area contributed by atoms with E-state index in [4.69, 9.17) is 4.42 Å². The molecule has 2 aromatic rings. The van der Waals surface area contributed by atoms with Crippen molar-refractivity contribution < 1.29 is 17.6 Å². The number of rotatable bonds is 7. The zero-order chi connectivity index (χ0) is 18.6. The van der Waals surface area contributed by atoms with Crippen LogP contribution in [-0.2, 0) is 16.6 Å². The molecule has 0 N–H and O–H groups in total. The minimum Gasteiger partial charge on any atom is -0.467 e. The van der Waals surface area contributed by atoms with E-state index in [-0.39, 0.29) is 10.8 Å². The predicted molar refractivity (Wildman–Crippen MR) is 95.8 cm³/mol. The van der Waals surface area contributed by atoms with Crippen molar-refractivity contribution in [3.05, 3.63) is 53.5 Å². The van der Waals surface area contributed by atoms with E-state index in [1.165, 1.54) is 15.3 Å². The van der Waals surface area contributed by atoms with E-state index < -0.39 is 10.0 Å². The molecule has 0 unspecified atom stereocenters. The Morgan fingerprint density at radius 1 is 1.16 bits per heavy atom. The standard InChI is InChI=1S/C18H24N2O4S/c1-5-20(6-2)25(22,23)17-12-15(10-9-14(17)3)18(21)19(4)13-16-8-7-11-24-16/h7-12H,5-6,13H2,1-4H3. The van der Waals surface area contributed by atoms with Gasteiger partial charge in [-0.2, -0.15) is 4.31 Å². The van der Waals surface area contributed by atoms with Crippen LogP contribution in [0.1, 0.15) is 35.5 Å². The molecule has 0 spiro atoms. The number of aryl methyl sites for hydroxylation is 1. The summed E-state index contributed by atoms with van der Waals surface area (Å²) in [6.45, 7) is 6.41. The van der Waals surface area contributed by atoms with Crippen molar-refractivity contribution in [2.24, 2.45) is 0 Å². The second kappa shape index (κ2) is 7.84. The van der Waals surface area contributed by atoms with E-state index in [1.54, 1.807) is 58.3 Å². The summed E-state index contributed by atoms with van der Waals surface area (Å²) in [5.74, 6) is 0.409. The highest BCUT2D eigenvalue weighted by atomic mass is 32.2.